The van der Waals surface area contributed by atoms with Crippen LogP contribution in [0.1, 0.15) is 66.1 Å². The number of imidazole rings is 1. The predicted octanol–water partition coefficient (Wildman–Crippen LogP) is 3.91. The normalized spacial score (nSPS) is 13.3. The van der Waals surface area contributed by atoms with Gasteiger partial charge >= 0.3 is 6.09 Å². The van der Waals surface area contributed by atoms with Crippen molar-refractivity contribution in [2.24, 2.45) is 5.92 Å². The molecule has 0 aliphatic carbocycles. The maximum atomic E-state index is 11.8. The van der Waals surface area contributed by atoms with E-state index in [1.54, 1.807) is 0 Å². The van der Waals surface area contributed by atoms with E-state index in [2.05, 4.69) is 28.7 Å². The van der Waals surface area contributed by atoms with Crippen molar-refractivity contribution in [3.05, 3.63) is 18.2 Å². The van der Waals surface area contributed by atoms with Gasteiger partial charge in [-0.1, -0.05) is 26.7 Å². The molecule has 0 aliphatic rings. The Kier molecular flexibility index (Phi) is 6.24. The van der Waals surface area contributed by atoms with Crippen LogP contribution in [-0.4, -0.2) is 21.2 Å². The number of carbonyl (C=O) groups excluding carboxylic acids is 1. The maximum absolute atomic E-state index is 11.8. The highest BCUT2D eigenvalue weighted by molar-refractivity contribution is 5.68. The lowest BCUT2D eigenvalue weighted by molar-refractivity contribution is 0.0506. The van der Waals surface area contributed by atoms with E-state index >= 15 is 0 Å². The average molecular weight is 295 g/mol. The minimum absolute atomic E-state index is 0.128. The average Bonchev–Trinajstić information content (AvgIpc) is 2.81. The molecule has 0 saturated heterocycles. The van der Waals surface area contributed by atoms with E-state index in [-0.39, 0.29) is 6.04 Å². The first kappa shape index (κ1) is 17.5. The van der Waals surface area contributed by atoms with E-state index < -0.39 is 11.7 Å². The number of rotatable bonds is 6. The van der Waals surface area contributed by atoms with Crippen molar-refractivity contribution >= 4 is 6.09 Å². The monoisotopic (exact) mass is 295 g/mol. The summed E-state index contributed by atoms with van der Waals surface area (Å²) in [5.41, 5.74) is 0.521. The third-order valence-electron chi connectivity index (χ3n) is 3.53. The van der Waals surface area contributed by atoms with Gasteiger partial charge in [-0.2, -0.15) is 0 Å². The zero-order valence-electron chi connectivity index (χ0n) is 14.1. The van der Waals surface area contributed by atoms with Crippen LogP contribution in [0.3, 0.4) is 0 Å². The first-order valence-corrected chi connectivity index (χ1v) is 7.76. The molecule has 1 N–H and O–H groups in total. The largest absolute Gasteiger partial charge is 0.444 e. The second-order valence-electron chi connectivity index (χ2n) is 6.52. The molecule has 5 heteroatoms. The minimum Gasteiger partial charge on any atom is -0.444 e. The number of hydrogen-bond acceptors (Lipinski definition) is 3. The zero-order chi connectivity index (χ0) is 16.0. The Hall–Kier alpha value is -1.52. The van der Waals surface area contributed by atoms with Crippen molar-refractivity contribution in [3.8, 4) is 0 Å². The Morgan fingerprint density at radius 2 is 2.00 bits per heavy atom. The Morgan fingerprint density at radius 3 is 2.52 bits per heavy atom. The van der Waals surface area contributed by atoms with Gasteiger partial charge < -0.3 is 14.6 Å². The van der Waals surface area contributed by atoms with E-state index in [9.17, 15) is 4.79 Å². The molecular formula is C16H29N3O2. The number of ether oxygens (including phenoxy) is 1. The second-order valence-corrected chi connectivity index (χ2v) is 6.52. The molecule has 0 aromatic carbocycles. The van der Waals surface area contributed by atoms with Gasteiger partial charge in [-0.3, -0.25) is 0 Å². The third-order valence-corrected chi connectivity index (χ3v) is 3.53. The topological polar surface area (TPSA) is 56.2 Å². The summed E-state index contributed by atoms with van der Waals surface area (Å²) in [6.07, 6.45) is 5.53. The highest BCUT2D eigenvalue weighted by atomic mass is 16.6. The van der Waals surface area contributed by atoms with Crippen LogP contribution in [0.15, 0.2) is 12.5 Å². The summed E-state index contributed by atoms with van der Waals surface area (Å²) in [5, 5.41) is 2.87. The highest BCUT2D eigenvalue weighted by Crippen LogP contribution is 2.17. The summed E-state index contributed by atoms with van der Waals surface area (Å²) in [6, 6.07) is -0.128. The van der Waals surface area contributed by atoms with Gasteiger partial charge in [0.2, 0.25) is 0 Å². The summed E-state index contributed by atoms with van der Waals surface area (Å²) < 4.78 is 7.41. The van der Waals surface area contributed by atoms with Gasteiger partial charge in [0.25, 0.3) is 0 Å². The Labute approximate surface area is 128 Å². The molecule has 1 rings (SSSR count). The molecule has 0 bridgehead atoms. The third kappa shape index (κ3) is 5.78. The molecule has 0 spiro atoms. The Morgan fingerprint density at radius 1 is 1.38 bits per heavy atom. The number of amides is 1. The number of carbonyl (C=O) groups is 1. The molecule has 0 fully saturated rings. The van der Waals surface area contributed by atoms with Gasteiger partial charge in [0.1, 0.15) is 5.60 Å². The maximum Gasteiger partial charge on any atom is 0.408 e. The summed E-state index contributed by atoms with van der Waals surface area (Å²) in [7, 11) is 0. The first-order chi connectivity index (χ1) is 9.76. The van der Waals surface area contributed by atoms with Gasteiger partial charge in [-0.05, 0) is 33.6 Å². The van der Waals surface area contributed by atoms with Crippen LogP contribution in [0.5, 0.6) is 0 Å². The lowest BCUT2D eigenvalue weighted by Gasteiger charge is -2.23. The molecule has 0 radical (unpaired) electrons. The molecule has 5 nitrogen and oxygen atoms in total. The molecule has 0 saturated carbocycles. The lowest BCUT2D eigenvalue weighted by atomic mass is 10.0. The number of hydrogen-bond donors (Lipinski definition) is 1. The summed E-state index contributed by atoms with van der Waals surface area (Å²) >= 11 is 0. The summed E-state index contributed by atoms with van der Waals surface area (Å²) in [6.45, 7) is 12.9. The predicted molar refractivity (Wildman–Crippen MR) is 84.1 cm³/mol. The molecule has 21 heavy (non-hydrogen) atoms. The molecule has 1 aromatic rings. The van der Waals surface area contributed by atoms with Gasteiger partial charge in [-0.25, -0.2) is 9.78 Å². The van der Waals surface area contributed by atoms with Crippen molar-refractivity contribution in [2.45, 2.75) is 72.6 Å². The van der Waals surface area contributed by atoms with Crippen LogP contribution >= 0.6 is 0 Å². The number of nitrogens with one attached hydrogen (secondary N) is 1. The fourth-order valence-electron chi connectivity index (χ4n) is 2.23. The summed E-state index contributed by atoms with van der Waals surface area (Å²) in [4.78, 5) is 16.1. The quantitative estimate of drug-likeness (QED) is 0.865. The molecule has 0 aliphatic heterocycles. The minimum atomic E-state index is -0.487. The first-order valence-electron chi connectivity index (χ1n) is 7.76. The number of nitrogens with zero attached hydrogens (tertiary/aromatic N) is 2. The summed E-state index contributed by atoms with van der Waals surface area (Å²) in [5.74, 6) is 0.631. The van der Waals surface area contributed by atoms with E-state index in [4.69, 9.17) is 4.74 Å². The van der Waals surface area contributed by atoms with Crippen molar-refractivity contribution in [1.82, 2.24) is 14.9 Å². The fraction of sp³-hybridized carbons (Fsp3) is 0.750. The van der Waals surface area contributed by atoms with E-state index in [1.807, 2.05) is 40.2 Å². The number of aromatic nitrogens is 2. The highest BCUT2D eigenvalue weighted by Gasteiger charge is 2.20. The molecule has 1 unspecified atom stereocenters. The fourth-order valence-corrected chi connectivity index (χ4v) is 2.23. The van der Waals surface area contributed by atoms with Crippen molar-refractivity contribution in [2.75, 3.05) is 0 Å². The van der Waals surface area contributed by atoms with Gasteiger partial charge in [-0.15, -0.1) is 0 Å². The van der Waals surface area contributed by atoms with E-state index in [0.29, 0.717) is 5.92 Å². The van der Waals surface area contributed by atoms with Crippen LogP contribution in [-0.2, 0) is 11.3 Å². The molecular weight excluding hydrogens is 266 g/mol. The van der Waals surface area contributed by atoms with Crippen molar-refractivity contribution in [1.29, 1.82) is 0 Å². The SMILES string of the molecule is CCC(CC)Cn1cncc1C(C)NC(=O)OC(C)(C)C. The van der Waals surface area contributed by atoms with Crippen LogP contribution < -0.4 is 5.32 Å². The van der Waals surface area contributed by atoms with Crippen LogP contribution in [0.2, 0.25) is 0 Å². The van der Waals surface area contributed by atoms with Crippen LogP contribution in [0, 0.1) is 5.92 Å². The van der Waals surface area contributed by atoms with Gasteiger partial charge in [0, 0.05) is 6.54 Å². The van der Waals surface area contributed by atoms with E-state index in [0.717, 1.165) is 25.1 Å². The van der Waals surface area contributed by atoms with E-state index in [1.165, 1.54) is 0 Å². The smallest absolute Gasteiger partial charge is 0.408 e. The van der Waals surface area contributed by atoms with Gasteiger partial charge in [0.15, 0.2) is 0 Å². The molecule has 1 atom stereocenters. The lowest BCUT2D eigenvalue weighted by Crippen LogP contribution is -2.34. The molecule has 1 heterocycles. The number of alkyl carbamates (subject to hydrolysis) is 1. The standard InChI is InChI=1S/C16H29N3O2/c1-7-13(8-2)10-19-11-17-9-14(19)12(3)18-15(20)21-16(4,5)6/h9,11-13H,7-8,10H2,1-6H3,(H,18,20). The van der Waals surface area contributed by atoms with Crippen LogP contribution in [0.4, 0.5) is 4.79 Å². The van der Waals surface area contributed by atoms with Crippen LogP contribution in [0.25, 0.3) is 0 Å². The zero-order valence-corrected chi connectivity index (χ0v) is 14.1. The second kappa shape index (κ2) is 7.48. The molecule has 1 aromatic heterocycles. The van der Waals surface area contributed by atoms with Crippen molar-refractivity contribution in [3.63, 3.8) is 0 Å². The Bertz CT molecular complexity index is 445. The van der Waals surface area contributed by atoms with Gasteiger partial charge in [0.05, 0.1) is 24.3 Å². The molecule has 1 amide bonds. The molecule has 120 valence electrons. The Balaban J connectivity index is 2.69. The van der Waals surface area contributed by atoms with Crippen molar-refractivity contribution < 1.29 is 9.53 Å².